The average Bonchev–Trinajstić information content (AvgIpc) is 2.84. The number of hydrogen-bond donors (Lipinski definition) is 2. The number of para-hydroxylation sites is 4. The Morgan fingerprint density at radius 1 is 0.692 bits per heavy atom. The van der Waals surface area contributed by atoms with Crippen molar-refractivity contribution >= 4 is 58.6 Å². The van der Waals surface area contributed by atoms with Crippen molar-refractivity contribution in [1.29, 1.82) is 0 Å². The van der Waals surface area contributed by atoms with Crippen LogP contribution in [0, 0.1) is 0 Å². The molecule has 0 saturated heterocycles. The molecule has 0 bridgehead atoms. The van der Waals surface area contributed by atoms with Gasteiger partial charge in [-0.1, -0.05) is 47.5 Å². The fraction of sp³-hybridized carbons (Fsp3) is 0.357. The molecule has 11 heteroatoms. The zero-order valence-electron chi connectivity index (χ0n) is 22.9. The summed E-state index contributed by atoms with van der Waals surface area (Å²) in [5.41, 5.74) is 0.740. The lowest BCUT2D eigenvalue weighted by Crippen LogP contribution is -2.29. The molecule has 1 aliphatic rings. The van der Waals surface area contributed by atoms with Crippen LogP contribution in [0.1, 0.15) is 13.8 Å². The van der Waals surface area contributed by atoms with Crippen molar-refractivity contribution in [2.24, 2.45) is 0 Å². The third-order valence-corrected chi connectivity index (χ3v) is 6.21. The number of benzene rings is 2. The van der Waals surface area contributed by atoms with Crippen LogP contribution < -0.4 is 20.1 Å². The molecule has 0 aliphatic heterocycles. The summed E-state index contributed by atoms with van der Waals surface area (Å²) in [4.78, 5) is 30.6. The van der Waals surface area contributed by atoms with Gasteiger partial charge in [-0.3, -0.25) is 9.59 Å². The zero-order valence-corrected chi connectivity index (χ0v) is 25.2. The van der Waals surface area contributed by atoms with Gasteiger partial charge in [-0.2, -0.15) is 0 Å². The number of allylic oxidation sites excluding steroid dienone is 2. The molecule has 0 amide bonds. The maximum Gasteiger partial charge on any atom is 0.224 e. The molecular formula is C28H35Cl3N4O4. The Labute approximate surface area is 246 Å². The molecule has 2 aromatic rings. The van der Waals surface area contributed by atoms with Gasteiger partial charge in [-0.15, -0.1) is 12.4 Å². The molecular weight excluding hydrogens is 563 g/mol. The number of likely N-dealkylation sites (N-methyl/N-ethyl adjacent to an activating group) is 2. The molecule has 0 radical (unpaired) electrons. The molecule has 212 valence electrons. The van der Waals surface area contributed by atoms with Gasteiger partial charge < -0.3 is 29.9 Å². The Kier molecular flexibility index (Phi) is 12.1. The number of rotatable bonds is 12. The van der Waals surface area contributed by atoms with Crippen molar-refractivity contribution in [3.63, 3.8) is 0 Å². The van der Waals surface area contributed by atoms with E-state index in [0.717, 1.165) is 0 Å². The van der Waals surface area contributed by atoms with Gasteiger partial charge in [0.1, 0.15) is 45.2 Å². The standard InChI is InChI=1S/C28H34Cl2N4O4.ClH/c1-17(15-33(3)4)37-21-13-9-7-11-19(21)31-25-23(29)28(36)26(24(30)27(25)35)32-20-12-8-10-14-22(20)38-18(2)16-34(5)6;/h7-14,17-18,31-32H,15-16H2,1-6H3;1H. The van der Waals surface area contributed by atoms with Gasteiger partial charge in [0.2, 0.25) is 11.6 Å². The van der Waals surface area contributed by atoms with Crippen LogP contribution in [-0.4, -0.2) is 74.9 Å². The predicted octanol–water partition coefficient (Wildman–Crippen LogP) is 5.34. The summed E-state index contributed by atoms with van der Waals surface area (Å²) in [5, 5.41) is 5.38. The summed E-state index contributed by atoms with van der Waals surface area (Å²) in [6, 6.07) is 14.2. The third kappa shape index (κ3) is 8.62. The molecule has 0 fully saturated rings. The lowest BCUT2D eigenvalue weighted by atomic mass is 10.0. The highest BCUT2D eigenvalue weighted by molar-refractivity contribution is 6.56. The first kappa shape index (κ1) is 32.5. The van der Waals surface area contributed by atoms with Crippen molar-refractivity contribution in [3.05, 3.63) is 70.0 Å². The lowest BCUT2D eigenvalue weighted by Gasteiger charge is -2.24. The van der Waals surface area contributed by atoms with Crippen LogP contribution in [0.15, 0.2) is 70.0 Å². The largest absolute Gasteiger partial charge is 0.487 e. The van der Waals surface area contributed by atoms with Gasteiger partial charge in [0, 0.05) is 13.1 Å². The fourth-order valence-corrected chi connectivity index (χ4v) is 4.48. The minimum Gasteiger partial charge on any atom is -0.487 e. The second kappa shape index (κ2) is 14.6. The second-order valence-electron chi connectivity index (χ2n) is 9.66. The number of nitrogens with zero attached hydrogens (tertiary/aromatic N) is 2. The summed E-state index contributed by atoms with van der Waals surface area (Å²) >= 11 is 12.9. The number of anilines is 2. The molecule has 0 saturated carbocycles. The summed E-state index contributed by atoms with van der Waals surface area (Å²) in [5.74, 6) is -0.203. The van der Waals surface area contributed by atoms with Gasteiger partial charge in [0.25, 0.3) is 0 Å². The van der Waals surface area contributed by atoms with Crippen molar-refractivity contribution in [2.45, 2.75) is 26.1 Å². The van der Waals surface area contributed by atoms with Gasteiger partial charge >= 0.3 is 0 Å². The number of ether oxygens (including phenoxy) is 2. The second-order valence-corrected chi connectivity index (χ2v) is 10.4. The van der Waals surface area contributed by atoms with E-state index in [1.54, 1.807) is 36.4 Å². The average molecular weight is 598 g/mol. The van der Waals surface area contributed by atoms with Crippen molar-refractivity contribution in [1.82, 2.24) is 9.80 Å². The van der Waals surface area contributed by atoms with Crippen molar-refractivity contribution < 1.29 is 19.1 Å². The molecule has 2 atom stereocenters. The van der Waals surface area contributed by atoms with Gasteiger partial charge in [0.15, 0.2) is 0 Å². The molecule has 2 unspecified atom stereocenters. The summed E-state index contributed by atoms with van der Waals surface area (Å²) < 4.78 is 12.1. The van der Waals surface area contributed by atoms with Crippen molar-refractivity contribution in [3.8, 4) is 11.5 Å². The van der Waals surface area contributed by atoms with Crippen LogP contribution in [0.2, 0.25) is 0 Å². The first-order valence-electron chi connectivity index (χ1n) is 12.2. The highest BCUT2D eigenvalue weighted by Crippen LogP contribution is 2.35. The maximum atomic E-state index is 13.3. The zero-order chi connectivity index (χ0) is 28.0. The first-order valence-corrected chi connectivity index (χ1v) is 13.0. The van der Waals surface area contributed by atoms with Crippen molar-refractivity contribution in [2.75, 3.05) is 51.9 Å². The van der Waals surface area contributed by atoms with Gasteiger partial charge in [0.05, 0.1) is 11.4 Å². The van der Waals surface area contributed by atoms with E-state index in [0.29, 0.717) is 36.0 Å². The van der Waals surface area contributed by atoms with Crippen LogP contribution in [0.5, 0.6) is 11.5 Å². The number of carbonyl (C=O) groups excluding carboxylic acids is 2. The van der Waals surface area contributed by atoms with Gasteiger partial charge in [-0.05, 0) is 66.3 Å². The van der Waals surface area contributed by atoms with E-state index < -0.39 is 11.6 Å². The summed E-state index contributed by atoms with van der Waals surface area (Å²) in [6.07, 6.45) is -0.244. The molecule has 0 heterocycles. The van der Waals surface area contributed by atoms with E-state index in [9.17, 15) is 9.59 Å². The Balaban J connectivity index is 0.00000533. The third-order valence-electron chi connectivity index (χ3n) is 5.49. The van der Waals surface area contributed by atoms with E-state index in [1.165, 1.54) is 0 Å². The highest BCUT2D eigenvalue weighted by Gasteiger charge is 2.34. The normalized spacial score (nSPS) is 15.3. The Morgan fingerprint density at radius 2 is 1.03 bits per heavy atom. The van der Waals surface area contributed by atoms with Gasteiger partial charge in [-0.25, -0.2) is 0 Å². The van der Waals surface area contributed by atoms with E-state index >= 15 is 0 Å². The topological polar surface area (TPSA) is 83.1 Å². The number of ketones is 2. The number of halogens is 3. The van der Waals surface area contributed by atoms with E-state index in [-0.39, 0.29) is 46.1 Å². The fourth-order valence-electron chi connectivity index (χ4n) is 4.02. The molecule has 2 N–H and O–H groups in total. The molecule has 3 rings (SSSR count). The number of Topliss-reactive ketones (excluding diaryl/α,β-unsaturated/α-hetero) is 2. The van der Waals surface area contributed by atoms with E-state index in [2.05, 4.69) is 10.6 Å². The monoisotopic (exact) mass is 596 g/mol. The Bertz CT molecular complexity index is 1150. The Hall–Kier alpha value is -2.75. The highest BCUT2D eigenvalue weighted by atomic mass is 35.5. The van der Waals surface area contributed by atoms with Crippen LogP contribution in [0.25, 0.3) is 0 Å². The smallest absolute Gasteiger partial charge is 0.224 e. The first-order chi connectivity index (χ1) is 18.0. The molecule has 8 nitrogen and oxygen atoms in total. The SMILES string of the molecule is CC(CN(C)C)Oc1ccccc1NC1=C(Cl)C(=O)C(Nc2ccccc2OC(C)CN(C)C)=C(Cl)C1=O.Cl. The quantitative estimate of drug-likeness (QED) is 0.317. The number of carbonyl (C=O) groups is 2. The van der Waals surface area contributed by atoms with E-state index in [1.807, 2.05) is 64.0 Å². The van der Waals surface area contributed by atoms with Crippen LogP contribution >= 0.6 is 35.6 Å². The summed E-state index contributed by atoms with van der Waals surface area (Å²) in [7, 11) is 7.82. The number of hydrogen-bond acceptors (Lipinski definition) is 8. The summed E-state index contributed by atoms with van der Waals surface area (Å²) in [6.45, 7) is 5.27. The van der Waals surface area contributed by atoms with Crippen LogP contribution in [0.4, 0.5) is 11.4 Å². The lowest BCUT2D eigenvalue weighted by molar-refractivity contribution is -0.115. The maximum absolute atomic E-state index is 13.3. The number of nitrogens with one attached hydrogen (secondary N) is 2. The Morgan fingerprint density at radius 3 is 1.36 bits per heavy atom. The van der Waals surface area contributed by atoms with E-state index in [4.69, 9.17) is 32.7 Å². The predicted molar refractivity (Wildman–Crippen MR) is 160 cm³/mol. The molecule has 0 aromatic heterocycles. The minimum atomic E-state index is -0.616. The molecule has 2 aromatic carbocycles. The molecule has 0 spiro atoms. The minimum absolute atomic E-state index is 0. The van der Waals surface area contributed by atoms with Crippen LogP contribution in [-0.2, 0) is 9.59 Å². The molecule has 1 aliphatic carbocycles. The van der Waals surface area contributed by atoms with Crippen LogP contribution in [0.3, 0.4) is 0 Å². The molecule has 39 heavy (non-hydrogen) atoms.